The van der Waals surface area contributed by atoms with Gasteiger partial charge in [0.15, 0.2) is 0 Å². The average Bonchev–Trinajstić information content (AvgIpc) is 3.19. The fraction of sp³-hybridized carbons (Fsp3) is 0.176. The average molecular weight is 311 g/mol. The second kappa shape index (κ2) is 6.58. The van der Waals surface area contributed by atoms with Crippen LogP contribution in [-0.2, 0) is 6.42 Å². The molecule has 1 aromatic carbocycles. The van der Waals surface area contributed by atoms with E-state index in [-0.39, 0.29) is 5.91 Å². The Morgan fingerprint density at radius 1 is 1.27 bits per heavy atom. The summed E-state index contributed by atoms with van der Waals surface area (Å²) < 4.78 is 0. The Morgan fingerprint density at radius 3 is 2.82 bits per heavy atom. The standard InChI is InChI=1S/C17H17N3OS/c1-12-4-6-13(7-5-12)15-11-16(20-19-15)17(21)18-9-8-14-3-2-10-22-14/h2-7,10-11H,8-9H2,1H3,(H,18,21)(H,19,20). The van der Waals surface area contributed by atoms with Crippen molar-refractivity contribution in [2.24, 2.45) is 0 Å². The number of nitrogens with one attached hydrogen (secondary N) is 2. The summed E-state index contributed by atoms with van der Waals surface area (Å²) in [4.78, 5) is 13.4. The highest BCUT2D eigenvalue weighted by molar-refractivity contribution is 7.09. The molecule has 0 aliphatic rings. The van der Waals surface area contributed by atoms with Gasteiger partial charge < -0.3 is 5.32 Å². The topological polar surface area (TPSA) is 57.8 Å². The van der Waals surface area contributed by atoms with Crippen LogP contribution in [0.4, 0.5) is 0 Å². The van der Waals surface area contributed by atoms with E-state index in [2.05, 4.69) is 21.6 Å². The van der Waals surface area contributed by atoms with E-state index in [0.29, 0.717) is 12.2 Å². The molecule has 0 saturated heterocycles. The molecule has 0 bridgehead atoms. The van der Waals surface area contributed by atoms with Crippen molar-refractivity contribution < 1.29 is 4.79 Å². The van der Waals surface area contributed by atoms with Gasteiger partial charge in [0.1, 0.15) is 5.69 Å². The molecule has 2 N–H and O–H groups in total. The number of rotatable bonds is 5. The lowest BCUT2D eigenvalue weighted by Crippen LogP contribution is -2.25. The van der Waals surface area contributed by atoms with Gasteiger partial charge in [-0.2, -0.15) is 5.10 Å². The molecule has 0 saturated carbocycles. The number of benzene rings is 1. The number of amides is 1. The first kappa shape index (κ1) is 14.5. The molecule has 112 valence electrons. The number of aryl methyl sites for hydroxylation is 1. The van der Waals surface area contributed by atoms with Gasteiger partial charge in [-0.3, -0.25) is 9.89 Å². The molecule has 5 heteroatoms. The van der Waals surface area contributed by atoms with Crippen LogP contribution in [0.5, 0.6) is 0 Å². The molecule has 0 radical (unpaired) electrons. The largest absolute Gasteiger partial charge is 0.350 e. The minimum Gasteiger partial charge on any atom is -0.350 e. The van der Waals surface area contributed by atoms with E-state index in [9.17, 15) is 4.79 Å². The van der Waals surface area contributed by atoms with Gasteiger partial charge in [0, 0.05) is 17.0 Å². The Kier molecular flexibility index (Phi) is 4.34. The van der Waals surface area contributed by atoms with Crippen molar-refractivity contribution in [2.75, 3.05) is 6.54 Å². The van der Waals surface area contributed by atoms with Crippen LogP contribution in [0.1, 0.15) is 20.9 Å². The molecule has 0 aliphatic carbocycles. The second-order valence-corrected chi connectivity index (χ2v) is 6.15. The first-order valence-electron chi connectivity index (χ1n) is 7.15. The second-order valence-electron chi connectivity index (χ2n) is 5.12. The zero-order valence-electron chi connectivity index (χ0n) is 12.3. The molecule has 22 heavy (non-hydrogen) atoms. The zero-order chi connectivity index (χ0) is 15.4. The molecule has 0 unspecified atom stereocenters. The molecule has 0 spiro atoms. The van der Waals surface area contributed by atoms with Crippen LogP contribution >= 0.6 is 11.3 Å². The maximum absolute atomic E-state index is 12.1. The summed E-state index contributed by atoms with van der Waals surface area (Å²) >= 11 is 1.70. The zero-order valence-corrected chi connectivity index (χ0v) is 13.1. The molecule has 2 heterocycles. The summed E-state index contributed by atoms with van der Waals surface area (Å²) in [5, 5.41) is 12.0. The Hall–Kier alpha value is -2.40. The molecule has 3 aromatic rings. The predicted octanol–water partition coefficient (Wildman–Crippen LogP) is 3.42. The van der Waals surface area contributed by atoms with Crippen LogP contribution in [0.3, 0.4) is 0 Å². The number of carbonyl (C=O) groups excluding carboxylic acids is 1. The number of carbonyl (C=O) groups is 1. The summed E-state index contributed by atoms with van der Waals surface area (Å²) in [5.41, 5.74) is 3.47. The number of nitrogens with zero attached hydrogens (tertiary/aromatic N) is 1. The number of thiophene rings is 1. The van der Waals surface area contributed by atoms with E-state index in [1.165, 1.54) is 10.4 Å². The van der Waals surface area contributed by atoms with Gasteiger partial charge in [0.05, 0.1) is 5.69 Å². The van der Waals surface area contributed by atoms with Crippen molar-refractivity contribution >= 4 is 17.2 Å². The Balaban J connectivity index is 1.60. The first-order valence-corrected chi connectivity index (χ1v) is 8.03. The minimum absolute atomic E-state index is 0.123. The summed E-state index contributed by atoms with van der Waals surface area (Å²) in [5.74, 6) is -0.123. The van der Waals surface area contributed by atoms with E-state index in [0.717, 1.165) is 17.7 Å². The fourth-order valence-electron chi connectivity index (χ4n) is 2.16. The first-order chi connectivity index (χ1) is 10.7. The van der Waals surface area contributed by atoms with Crippen LogP contribution in [-0.4, -0.2) is 22.6 Å². The van der Waals surface area contributed by atoms with Crippen molar-refractivity contribution in [1.82, 2.24) is 15.5 Å². The third-order valence-corrected chi connectivity index (χ3v) is 4.34. The Morgan fingerprint density at radius 2 is 2.09 bits per heavy atom. The normalized spacial score (nSPS) is 10.6. The minimum atomic E-state index is -0.123. The monoisotopic (exact) mass is 311 g/mol. The van der Waals surface area contributed by atoms with E-state index in [1.807, 2.05) is 42.6 Å². The van der Waals surface area contributed by atoms with E-state index < -0.39 is 0 Å². The van der Waals surface area contributed by atoms with Crippen molar-refractivity contribution in [1.29, 1.82) is 0 Å². The smallest absolute Gasteiger partial charge is 0.269 e. The van der Waals surface area contributed by atoms with Gasteiger partial charge in [-0.1, -0.05) is 35.9 Å². The third-order valence-electron chi connectivity index (χ3n) is 3.41. The number of aromatic amines is 1. The van der Waals surface area contributed by atoms with Gasteiger partial charge in [-0.15, -0.1) is 11.3 Å². The SMILES string of the molecule is Cc1ccc(-c2cc(C(=O)NCCc3cccs3)[nH]n2)cc1. The molecule has 0 aliphatic heterocycles. The molecule has 0 fully saturated rings. The lowest BCUT2D eigenvalue weighted by molar-refractivity contribution is 0.0949. The van der Waals surface area contributed by atoms with E-state index >= 15 is 0 Å². The lowest BCUT2D eigenvalue weighted by Gasteiger charge is -2.01. The van der Waals surface area contributed by atoms with Crippen LogP contribution in [0.15, 0.2) is 47.8 Å². The van der Waals surface area contributed by atoms with Crippen LogP contribution < -0.4 is 5.32 Å². The van der Waals surface area contributed by atoms with Gasteiger partial charge in [-0.05, 0) is 30.9 Å². The highest BCUT2D eigenvalue weighted by Crippen LogP contribution is 2.18. The fourth-order valence-corrected chi connectivity index (χ4v) is 2.87. The van der Waals surface area contributed by atoms with E-state index in [1.54, 1.807) is 17.4 Å². The summed E-state index contributed by atoms with van der Waals surface area (Å²) in [6, 6.07) is 13.9. The maximum Gasteiger partial charge on any atom is 0.269 e. The van der Waals surface area contributed by atoms with E-state index in [4.69, 9.17) is 0 Å². The summed E-state index contributed by atoms with van der Waals surface area (Å²) in [6.07, 6.45) is 0.850. The Labute approximate surface area is 133 Å². The molecule has 0 atom stereocenters. The maximum atomic E-state index is 12.1. The molecule has 1 amide bonds. The number of aromatic nitrogens is 2. The molecular formula is C17H17N3OS. The van der Waals surface area contributed by atoms with Crippen molar-refractivity contribution in [3.05, 3.63) is 64.0 Å². The van der Waals surface area contributed by atoms with Gasteiger partial charge in [-0.25, -0.2) is 0 Å². The van der Waals surface area contributed by atoms with Gasteiger partial charge in [0.25, 0.3) is 5.91 Å². The van der Waals surface area contributed by atoms with Crippen molar-refractivity contribution in [3.8, 4) is 11.3 Å². The van der Waals surface area contributed by atoms with Crippen LogP contribution in [0, 0.1) is 6.92 Å². The number of H-pyrrole nitrogens is 1. The number of hydrogen-bond donors (Lipinski definition) is 2. The molecule has 2 aromatic heterocycles. The summed E-state index contributed by atoms with van der Waals surface area (Å²) in [6.45, 7) is 2.67. The van der Waals surface area contributed by atoms with Crippen LogP contribution in [0.25, 0.3) is 11.3 Å². The molecule has 3 rings (SSSR count). The van der Waals surface area contributed by atoms with Crippen molar-refractivity contribution in [3.63, 3.8) is 0 Å². The molecule has 4 nitrogen and oxygen atoms in total. The number of hydrogen-bond acceptors (Lipinski definition) is 3. The highest BCUT2D eigenvalue weighted by atomic mass is 32.1. The van der Waals surface area contributed by atoms with Crippen molar-refractivity contribution in [2.45, 2.75) is 13.3 Å². The lowest BCUT2D eigenvalue weighted by atomic mass is 10.1. The summed E-state index contributed by atoms with van der Waals surface area (Å²) in [7, 11) is 0. The van der Waals surface area contributed by atoms with Crippen LogP contribution in [0.2, 0.25) is 0 Å². The third kappa shape index (κ3) is 3.43. The highest BCUT2D eigenvalue weighted by Gasteiger charge is 2.10. The van der Waals surface area contributed by atoms with Gasteiger partial charge >= 0.3 is 0 Å². The Bertz CT molecular complexity index is 745. The molecular weight excluding hydrogens is 294 g/mol. The quantitative estimate of drug-likeness (QED) is 0.758. The predicted molar refractivity (Wildman–Crippen MR) is 89.1 cm³/mol. The van der Waals surface area contributed by atoms with Gasteiger partial charge in [0.2, 0.25) is 0 Å².